The van der Waals surface area contributed by atoms with E-state index in [-0.39, 0.29) is 12.2 Å². The maximum absolute atomic E-state index is 13.6. The molecule has 1 aromatic carbocycles. The molecule has 0 saturated heterocycles. The minimum atomic E-state index is -0.689. The second-order valence-electron chi connectivity index (χ2n) is 5.03. The molecule has 1 heterocycles. The van der Waals surface area contributed by atoms with E-state index in [4.69, 9.17) is 11.6 Å². The maximum Gasteiger partial charge on any atom is 0.126 e. The molecule has 0 aliphatic rings. The Morgan fingerprint density at radius 3 is 2.62 bits per heavy atom. The van der Waals surface area contributed by atoms with Gasteiger partial charge in [0.25, 0.3) is 0 Å². The average molecular weight is 311 g/mol. The van der Waals surface area contributed by atoms with Crippen LogP contribution in [-0.2, 0) is 25.8 Å². The predicted molar refractivity (Wildman–Crippen MR) is 82.1 cm³/mol. The molecule has 0 bridgehead atoms. The summed E-state index contributed by atoms with van der Waals surface area (Å²) in [6.45, 7) is 4.67. The SMILES string of the molecule is CCc1nn(CC)c(CC(O)Cc2ccccc2F)c1Cl. The van der Waals surface area contributed by atoms with E-state index in [0.717, 1.165) is 17.8 Å². The van der Waals surface area contributed by atoms with E-state index in [0.29, 0.717) is 23.6 Å². The molecule has 0 amide bonds. The third kappa shape index (κ3) is 3.63. The lowest BCUT2D eigenvalue weighted by atomic mass is 10.0. The topological polar surface area (TPSA) is 38.0 Å². The molecule has 0 aliphatic carbocycles. The summed E-state index contributed by atoms with van der Waals surface area (Å²) >= 11 is 6.32. The Balaban J connectivity index is 2.14. The number of hydrogen-bond acceptors (Lipinski definition) is 2. The molecule has 1 N–H and O–H groups in total. The summed E-state index contributed by atoms with van der Waals surface area (Å²) in [5.74, 6) is -0.291. The summed E-state index contributed by atoms with van der Waals surface area (Å²) in [4.78, 5) is 0. The molecule has 2 rings (SSSR count). The first-order valence-corrected chi connectivity index (χ1v) is 7.60. The number of nitrogens with zero attached hydrogens (tertiary/aromatic N) is 2. The summed E-state index contributed by atoms with van der Waals surface area (Å²) in [5, 5.41) is 15.3. The molecular weight excluding hydrogens is 291 g/mol. The number of aliphatic hydroxyl groups is 1. The Kier molecular flexibility index (Phi) is 5.37. The molecular formula is C16H20ClFN2O. The lowest BCUT2D eigenvalue weighted by molar-refractivity contribution is 0.171. The molecule has 1 unspecified atom stereocenters. The fourth-order valence-electron chi connectivity index (χ4n) is 2.43. The van der Waals surface area contributed by atoms with Crippen molar-refractivity contribution in [3.63, 3.8) is 0 Å². The zero-order chi connectivity index (χ0) is 15.4. The Labute approximate surface area is 129 Å². The van der Waals surface area contributed by atoms with Crippen molar-refractivity contribution in [3.05, 3.63) is 52.1 Å². The lowest BCUT2D eigenvalue weighted by Crippen LogP contribution is -2.17. The van der Waals surface area contributed by atoms with Gasteiger partial charge in [0.1, 0.15) is 5.82 Å². The number of halogens is 2. The zero-order valence-corrected chi connectivity index (χ0v) is 13.1. The van der Waals surface area contributed by atoms with Crippen LogP contribution >= 0.6 is 11.6 Å². The fraction of sp³-hybridized carbons (Fsp3) is 0.438. The van der Waals surface area contributed by atoms with Gasteiger partial charge in [0.2, 0.25) is 0 Å². The first-order valence-electron chi connectivity index (χ1n) is 7.22. The Hall–Kier alpha value is -1.39. The van der Waals surface area contributed by atoms with Crippen LogP contribution in [0.25, 0.3) is 0 Å². The van der Waals surface area contributed by atoms with Crippen molar-refractivity contribution in [1.82, 2.24) is 9.78 Å². The van der Waals surface area contributed by atoms with Gasteiger partial charge in [-0.3, -0.25) is 4.68 Å². The fourth-order valence-corrected chi connectivity index (χ4v) is 2.77. The van der Waals surface area contributed by atoms with Crippen LogP contribution in [0.3, 0.4) is 0 Å². The quantitative estimate of drug-likeness (QED) is 0.888. The van der Waals surface area contributed by atoms with Crippen molar-refractivity contribution in [3.8, 4) is 0 Å². The number of aliphatic hydroxyl groups excluding tert-OH is 1. The van der Waals surface area contributed by atoms with Gasteiger partial charge in [0.15, 0.2) is 0 Å². The Morgan fingerprint density at radius 1 is 1.29 bits per heavy atom. The summed E-state index contributed by atoms with van der Waals surface area (Å²) < 4.78 is 15.4. The first kappa shape index (κ1) is 16.0. The van der Waals surface area contributed by atoms with Gasteiger partial charge in [0, 0.05) is 19.4 Å². The van der Waals surface area contributed by atoms with Crippen LogP contribution in [0.15, 0.2) is 24.3 Å². The van der Waals surface area contributed by atoms with Crippen LogP contribution in [0.2, 0.25) is 5.02 Å². The van der Waals surface area contributed by atoms with E-state index in [1.807, 2.05) is 18.5 Å². The third-order valence-corrected chi connectivity index (χ3v) is 3.97. The minimum Gasteiger partial charge on any atom is -0.392 e. The number of benzene rings is 1. The number of aromatic nitrogens is 2. The first-order chi connectivity index (χ1) is 10.1. The van der Waals surface area contributed by atoms with Crippen molar-refractivity contribution in [2.45, 2.75) is 45.8 Å². The molecule has 0 aliphatic heterocycles. The van der Waals surface area contributed by atoms with Gasteiger partial charge in [-0.1, -0.05) is 36.7 Å². The van der Waals surface area contributed by atoms with E-state index < -0.39 is 6.10 Å². The zero-order valence-electron chi connectivity index (χ0n) is 12.3. The lowest BCUT2D eigenvalue weighted by Gasteiger charge is -2.12. The largest absolute Gasteiger partial charge is 0.392 e. The van der Waals surface area contributed by atoms with Crippen LogP contribution in [0.4, 0.5) is 4.39 Å². The van der Waals surface area contributed by atoms with E-state index in [2.05, 4.69) is 5.10 Å². The number of aryl methyl sites for hydroxylation is 2. The molecule has 0 saturated carbocycles. The van der Waals surface area contributed by atoms with Gasteiger partial charge in [-0.15, -0.1) is 0 Å². The summed E-state index contributed by atoms with van der Waals surface area (Å²) in [7, 11) is 0. The van der Waals surface area contributed by atoms with Gasteiger partial charge >= 0.3 is 0 Å². The van der Waals surface area contributed by atoms with E-state index >= 15 is 0 Å². The summed E-state index contributed by atoms with van der Waals surface area (Å²) in [6, 6.07) is 6.50. The van der Waals surface area contributed by atoms with Gasteiger partial charge in [0.05, 0.1) is 22.5 Å². The van der Waals surface area contributed by atoms with Gasteiger partial charge in [-0.25, -0.2) is 4.39 Å². The molecule has 2 aromatic rings. The van der Waals surface area contributed by atoms with Crippen molar-refractivity contribution in [2.75, 3.05) is 0 Å². The smallest absolute Gasteiger partial charge is 0.126 e. The number of hydrogen-bond donors (Lipinski definition) is 1. The van der Waals surface area contributed by atoms with Gasteiger partial charge < -0.3 is 5.11 Å². The van der Waals surface area contributed by atoms with Crippen molar-refractivity contribution < 1.29 is 9.50 Å². The third-order valence-electron chi connectivity index (χ3n) is 3.54. The molecule has 0 spiro atoms. The Morgan fingerprint density at radius 2 is 2.00 bits per heavy atom. The molecule has 0 fully saturated rings. The maximum atomic E-state index is 13.6. The molecule has 21 heavy (non-hydrogen) atoms. The van der Waals surface area contributed by atoms with Crippen LogP contribution in [-0.4, -0.2) is 21.0 Å². The highest BCUT2D eigenvalue weighted by Crippen LogP contribution is 2.23. The van der Waals surface area contributed by atoms with Crippen LogP contribution in [0, 0.1) is 5.82 Å². The predicted octanol–water partition coefficient (Wildman–Crippen LogP) is 3.40. The monoisotopic (exact) mass is 310 g/mol. The second kappa shape index (κ2) is 7.05. The van der Waals surface area contributed by atoms with E-state index in [1.165, 1.54) is 6.07 Å². The van der Waals surface area contributed by atoms with E-state index in [1.54, 1.807) is 18.2 Å². The molecule has 5 heteroatoms. The highest BCUT2D eigenvalue weighted by molar-refractivity contribution is 6.31. The highest BCUT2D eigenvalue weighted by atomic mass is 35.5. The Bertz CT molecular complexity index is 612. The van der Waals surface area contributed by atoms with Crippen molar-refractivity contribution >= 4 is 11.6 Å². The average Bonchev–Trinajstić information content (AvgIpc) is 2.77. The molecule has 3 nitrogen and oxygen atoms in total. The highest BCUT2D eigenvalue weighted by Gasteiger charge is 2.18. The van der Waals surface area contributed by atoms with Crippen molar-refractivity contribution in [2.24, 2.45) is 0 Å². The van der Waals surface area contributed by atoms with Crippen molar-refractivity contribution in [1.29, 1.82) is 0 Å². The molecule has 1 atom stereocenters. The summed E-state index contributed by atoms with van der Waals surface area (Å²) in [6.07, 6.45) is 0.696. The van der Waals surface area contributed by atoms with Gasteiger partial charge in [-0.2, -0.15) is 5.10 Å². The van der Waals surface area contributed by atoms with Crippen LogP contribution in [0.1, 0.15) is 30.8 Å². The van der Waals surface area contributed by atoms with E-state index in [9.17, 15) is 9.50 Å². The number of rotatable bonds is 6. The minimum absolute atomic E-state index is 0.263. The second-order valence-corrected chi connectivity index (χ2v) is 5.41. The standard InChI is InChI=1S/C16H20ClFN2O/c1-3-14-16(17)15(20(4-2)19-14)10-12(21)9-11-7-5-6-8-13(11)18/h5-8,12,21H,3-4,9-10H2,1-2H3. The summed E-state index contributed by atoms with van der Waals surface area (Å²) in [5.41, 5.74) is 2.17. The van der Waals surface area contributed by atoms with Gasteiger partial charge in [-0.05, 0) is 25.0 Å². The molecule has 0 radical (unpaired) electrons. The molecule has 1 aromatic heterocycles. The van der Waals surface area contributed by atoms with Crippen LogP contribution < -0.4 is 0 Å². The normalized spacial score (nSPS) is 12.6. The van der Waals surface area contributed by atoms with Crippen LogP contribution in [0.5, 0.6) is 0 Å². The molecule has 114 valence electrons.